The zero-order valence-corrected chi connectivity index (χ0v) is 26.7. The van der Waals surface area contributed by atoms with Crippen molar-refractivity contribution in [1.82, 2.24) is 9.13 Å². The predicted octanol–water partition coefficient (Wildman–Crippen LogP) is 12.1. The molecule has 3 aromatic heterocycles. The molecule has 0 unspecified atom stereocenters. The Balaban J connectivity index is 1.44. The molecule has 0 fully saturated rings. The van der Waals surface area contributed by atoms with E-state index in [0.29, 0.717) is 0 Å². The zero-order chi connectivity index (χ0) is 31.7. The largest absolute Gasteiger partial charge is 0.456 e. The average molecular weight is 615 g/mol. The topological polar surface area (TPSA) is 23.0 Å². The Hall–Kier alpha value is -6.06. The van der Waals surface area contributed by atoms with Gasteiger partial charge in [-0.1, -0.05) is 111 Å². The maximum absolute atomic E-state index is 6.29. The molecule has 0 atom stereocenters. The second-order valence-electron chi connectivity index (χ2n) is 13.7. The van der Waals surface area contributed by atoms with Gasteiger partial charge in [-0.2, -0.15) is 0 Å². The summed E-state index contributed by atoms with van der Waals surface area (Å²) in [6, 6.07) is 52.9. The molecular formula is C45H30N2O. The summed E-state index contributed by atoms with van der Waals surface area (Å²) >= 11 is 0. The Kier molecular flexibility index (Phi) is 4.91. The van der Waals surface area contributed by atoms with Crippen LogP contribution in [-0.2, 0) is 5.41 Å². The minimum absolute atomic E-state index is 0.212. The third-order valence-corrected chi connectivity index (χ3v) is 10.9. The molecule has 3 heterocycles. The summed E-state index contributed by atoms with van der Waals surface area (Å²) in [7, 11) is 0. The van der Waals surface area contributed by atoms with Gasteiger partial charge in [-0.15, -0.1) is 0 Å². The first-order valence-electron chi connectivity index (χ1n) is 16.7. The first-order chi connectivity index (χ1) is 23.6. The highest BCUT2D eigenvalue weighted by Gasteiger charge is 2.41. The van der Waals surface area contributed by atoms with Crippen LogP contribution in [0.15, 0.2) is 150 Å². The van der Waals surface area contributed by atoms with Crippen molar-refractivity contribution in [3.63, 3.8) is 0 Å². The maximum atomic E-state index is 6.29. The SMILES string of the molecule is CC1(C)c2ccccc2-c2c1c1c3ccccc3n(-c3ccc4oc5ccccc5c4c3)c1c1c3ccccc3n(-c3ccccc3)c21. The van der Waals surface area contributed by atoms with Gasteiger partial charge in [-0.25, -0.2) is 0 Å². The van der Waals surface area contributed by atoms with Crippen LogP contribution in [0.2, 0.25) is 0 Å². The lowest BCUT2D eigenvalue weighted by molar-refractivity contribution is 0.667. The summed E-state index contributed by atoms with van der Waals surface area (Å²) in [5, 5.41) is 7.42. The molecule has 7 aromatic carbocycles. The number of benzene rings is 7. The molecule has 0 radical (unpaired) electrons. The Morgan fingerprint density at radius 2 is 1.08 bits per heavy atom. The van der Waals surface area contributed by atoms with E-state index < -0.39 is 0 Å². The van der Waals surface area contributed by atoms with Crippen LogP contribution in [0.5, 0.6) is 0 Å². The second kappa shape index (κ2) is 9.05. The van der Waals surface area contributed by atoms with Gasteiger partial charge in [0.25, 0.3) is 0 Å². The molecule has 11 rings (SSSR count). The number of para-hydroxylation sites is 4. The zero-order valence-electron chi connectivity index (χ0n) is 26.7. The summed E-state index contributed by atoms with van der Waals surface area (Å²) in [5.41, 5.74) is 14.3. The maximum Gasteiger partial charge on any atom is 0.135 e. The Morgan fingerprint density at radius 3 is 1.88 bits per heavy atom. The van der Waals surface area contributed by atoms with Crippen molar-refractivity contribution in [3.8, 4) is 22.5 Å². The standard InChI is InChI=1S/C45H30N2O/c1-45(2)34-20-10-6-17-30(34)39-42(45)40-31-18-7-11-21-35(31)47(28-24-25-38-33(26-28)29-16-9-13-23-37(29)48-38)44(40)41-32-19-8-12-22-36(32)46(43(39)41)27-14-4-3-5-15-27/h3-26H,1-2H3. The van der Waals surface area contributed by atoms with Gasteiger partial charge in [0.05, 0.1) is 22.1 Å². The lowest BCUT2D eigenvalue weighted by Gasteiger charge is -2.23. The molecule has 10 aromatic rings. The molecule has 0 saturated carbocycles. The van der Waals surface area contributed by atoms with Crippen LogP contribution in [0, 0.1) is 0 Å². The van der Waals surface area contributed by atoms with Gasteiger partial charge >= 0.3 is 0 Å². The highest BCUT2D eigenvalue weighted by molar-refractivity contribution is 6.31. The van der Waals surface area contributed by atoms with E-state index in [1.165, 1.54) is 71.6 Å². The van der Waals surface area contributed by atoms with Crippen molar-refractivity contribution in [1.29, 1.82) is 0 Å². The third-order valence-electron chi connectivity index (χ3n) is 10.9. The van der Waals surface area contributed by atoms with Gasteiger partial charge in [0.1, 0.15) is 11.2 Å². The Bertz CT molecular complexity index is 2970. The fraction of sp³-hybridized carbons (Fsp3) is 0.0667. The Labute approximate surface area is 276 Å². The number of aromatic nitrogens is 2. The lowest BCUT2D eigenvalue weighted by atomic mass is 9.80. The van der Waals surface area contributed by atoms with Crippen LogP contribution in [0.1, 0.15) is 25.0 Å². The molecule has 226 valence electrons. The first-order valence-corrected chi connectivity index (χ1v) is 16.7. The monoisotopic (exact) mass is 614 g/mol. The van der Waals surface area contributed by atoms with E-state index in [1.807, 2.05) is 6.07 Å². The molecule has 48 heavy (non-hydrogen) atoms. The van der Waals surface area contributed by atoms with Crippen molar-refractivity contribution in [2.24, 2.45) is 0 Å². The van der Waals surface area contributed by atoms with E-state index in [9.17, 15) is 0 Å². The number of fused-ring (bicyclic) bond motifs is 15. The summed E-state index contributed by atoms with van der Waals surface area (Å²) in [6.45, 7) is 4.82. The molecular weight excluding hydrogens is 585 g/mol. The minimum atomic E-state index is -0.212. The number of nitrogens with zero attached hydrogens (tertiary/aromatic N) is 2. The molecule has 0 saturated heterocycles. The van der Waals surface area contributed by atoms with E-state index >= 15 is 0 Å². The van der Waals surface area contributed by atoms with Gasteiger partial charge in [0, 0.05) is 54.7 Å². The Morgan fingerprint density at radius 1 is 0.479 bits per heavy atom. The smallest absolute Gasteiger partial charge is 0.135 e. The van der Waals surface area contributed by atoms with E-state index in [1.54, 1.807) is 0 Å². The van der Waals surface area contributed by atoms with Gasteiger partial charge < -0.3 is 13.6 Å². The molecule has 3 nitrogen and oxygen atoms in total. The molecule has 0 aliphatic heterocycles. The average Bonchev–Trinajstić information content (AvgIpc) is 3.84. The quantitative estimate of drug-likeness (QED) is 0.190. The fourth-order valence-electron chi connectivity index (χ4n) is 8.92. The van der Waals surface area contributed by atoms with Gasteiger partial charge in [-0.05, 0) is 65.2 Å². The van der Waals surface area contributed by atoms with Crippen molar-refractivity contribution in [2.75, 3.05) is 0 Å². The molecule has 3 heteroatoms. The summed E-state index contributed by atoms with van der Waals surface area (Å²) < 4.78 is 11.3. The van der Waals surface area contributed by atoms with Crippen LogP contribution >= 0.6 is 0 Å². The number of furan rings is 1. The van der Waals surface area contributed by atoms with Crippen LogP contribution in [0.25, 0.3) is 88.1 Å². The highest BCUT2D eigenvalue weighted by atomic mass is 16.3. The fourth-order valence-corrected chi connectivity index (χ4v) is 8.92. The predicted molar refractivity (Wildman–Crippen MR) is 200 cm³/mol. The summed E-state index contributed by atoms with van der Waals surface area (Å²) in [5.74, 6) is 0. The molecule has 0 amide bonds. The van der Waals surface area contributed by atoms with Crippen LogP contribution in [-0.4, -0.2) is 9.13 Å². The number of rotatable bonds is 2. The highest BCUT2D eigenvalue weighted by Crippen LogP contribution is 2.58. The van der Waals surface area contributed by atoms with E-state index in [-0.39, 0.29) is 5.41 Å². The molecule has 0 N–H and O–H groups in total. The summed E-state index contributed by atoms with van der Waals surface area (Å²) in [6.07, 6.45) is 0. The summed E-state index contributed by atoms with van der Waals surface area (Å²) in [4.78, 5) is 0. The lowest BCUT2D eigenvalue weighted by Crippen LogP contribution is -2.15. The van der Waals surface area contributed by atoms with Crippen LogP contribution in [0.4, 0.5) is 0 Å². The van der Waals surface area contributed by atoms with Gasteiger partial charge in [0.15, 0.2) is 0 Å². The number of hydrogen-bond acceptors (Lipinski definition) is 1. The number of hydrogen-bond donors (Lipinski definition) is 0. The van der Waals surface area contributed by atoms with Gasteiger partial charge in [0.2, 0.25) is 0 Å². The second-order valence-corrected chi connectivity index (χ2v) is 13.7. The van der Waals surface area contributed by atoms with E-state index in [2.05, 4.69) is 163 Å². The van der Waals surface area contributed by atoms with Crippen molar-refractivity contribution in [3.05, 3.63) is 157 Å². The third kappa shape index (κ3) is 3.14. The normalized spacial score (nSPS) is 13.8. The van der Waals surface area contributed by atoms with E-state index in [0.717, 1.165) is 27.6 Å². The minimum Gasteiger partial charge on any atom is -0.456 e. The van der Waals surface area contributed by atoms with Crippen LogP contribution < -0.4 is 0 Å². The van der Waals surface area contributed by atoms with Crippen molar-refractivity contribution in [2.45, 2.75) is 19.3 Å². The molecule has 1 aliphatic carbocycles. The van der Waals surface area contributed by atoms with Crippen molar-refractivity contribution < 1.29 is 4.42 Å². The van der Waals surface area contributed by atoms with Gasteiger partial charge in [-0.3, -0.25) is 0 Å². The van der Waals surface area contributed by atoms with Crippen LogP contribution in [0.3, 0.4) is 0 Å². The first kappa shape index (κ1) is 26.1. The van der Waals surface area contributed by atoms with E-state index in [4.69, 9.17) is 4.42 Å². The molecule has 0 bridgehead atoms. The molecule has 0 spiro atoms. The van der Waals surface area contributed by atoms with Crippen molar-refractivity contribution >= 4 is 65.6 Å². The molecule has 1 aliphatic rings.